The zero-order valence-electron chi connectivity index (χ0n) is 10.0. The molecule has 0 fully saturated rings. The van der Waals surface area contributed by atoms with Gasteiger partial charge in [-0.1, -0.05) is 30.3 Å². The molecule has 0 aliphatic rings. The molecule has 0 unspecified atom stereocenters. The van der Waals surface area contributed by atoms with Gasteiger partial charge in [0, 0.05) is 12.0 Å². The molecule has 2 rings (SSSR count). The Kier molecular flexibility index (Phi) is 4.37. The molecule has 1 heterocycles. The summed E-state index contributed by atoms with van der Waals surface area (Å²) in [5, 5.41) is 12.1. The summed E-state index contributed by atoms with van der Waals surface area (Å²) in [6.45, 7) is 0.538. The van der Waals surface area contributed by atoms with Gasteiger partial charge in [-0.3, -0.25) is 0 Å². The zero-order chi connectivity index (χ0) is 13.6. The van der Waals surface area contributed by atoms with Crippen LogP contribution in [0, 0.1) is 0 Å². The molecule has 7 nitrogen and oxygen atoms in total. The fraction of sp³-hybridized carbons (Fsp3) is 0.182. The van der Waals surface area contributed by atoms with Crippen LogP contribution >= 0.6 is 0 Å². The van der Waals surface area contributed by atoms with Crippen molar-refractivity contribution in [2.24, 2.45) is 0 Å². The van der Waals surface area contributed by atoms with E-state index >= 15 is 0 Å². The van der Waals surface area contributed by atoms with Crippen molar-refractivity contribution >= 4 is 16.1 Å². The van der Waals surface area contributed by atoms with E-state index in [0.717, 1.165) is 11.0 Å². The van der Waals surface area contributed by atoms with E-state index in [2.05, 4.69) is 20.1 Å². The lowest BCUT2D eigenvalue weighted by atomic mass is 10.2. The minimum absolute atomic E-state index is 0.206. The van der Waals surface area contributed by atoms with Crippen molar-refractivity contribution in [3.05, 3.63) is 47.6 Å². The van der Waals surface area contributed by atoms with Gasteiger partial charge in [-0.2, -0.15) is 4.80 Å². The highest BCUT2D eigenvalue weighted by atomic mass is 32.2. The number of sulfonamides is 1. The normalized spacial score (nSPS) is 12.0. The smallest absolute Gasteiger partial charge is 0.210 e. The van der Waals surface area contributed by atoms with Crippen LogP contribution in [0.25, 0.3) is 6.08 Å². The van der Waals surface area contributed by atoms with Crippen LogP contribution in [0.4, 0.5) is 0 Å². The van der Waals surface area contributed by atoms with E-state index < -0.39 is 10.0 Å². The van der Waals surface area contributed by atoms with Gasteiger partial charge in [0.25, 0.3) is 0 Å². The summed E-state index contributed by atoms with van der Waals surface area (Å²) in [6, 6.07) is 9.21. The van der Waals surface area contributed by atoms with Crippen LogP contribution in [0.5, 0.6) is 0 Å². The number of aromatic nitrogens is 4. The molecule has 0 radical (unpaired) electrons. The molecule has 0 spiro atoms. The number of nitrogens with one attached hydrogen (secondary N) is 1. The average molecular weight is 279 g/mol. The van der Waals surface area contributed by atoms with Gasteiger partial charge in [-0.05, 0) is 16.9 Å². The van der Waals surface area contributed by atoms with Crippen molar-refractivity contribution in [2.45, 2.75) is 6.54 Å². The number of tetrazole rings is 1. The zero-order valence-corrected chi connectivity index (χ0v) is 10.9. The van der Waals surface area contributed by atoms with Crippen molar-refractivity contribution < 1.29 is 8.42 Å². The van der Waals surface area contributed by atoms with E-state index in [4.69, 9.17) is 0 Å². The molecule has 0 aliphatic heterocycles. The summed E-state index contributed by atoms with van der Waals surface area (Å²) >= 11 is 0. The monoisotopic (exact) mass is 279 g/mol. The van der Waals surface area contributed by atoms with E-state index in [9.17, 15) is 8.42 Å². The van der Waals surface area contributed by atoms with E-state index in [1.807, 2.05) is 30.3 Å². The van der Waals surface area contributed by atoms with Crippen LogP contribution in [-0.4, -0.2) is 35.2 Å². The first-order valence-electron chi connectivity index (χ1n) is 5.59. The molecule has 1 aromatic carbocycles. The number of benzene rings is 1. The minimum atomic E-state index is -3.45. The molecular formula is C11H13N5O2S. The predicted octanol–water partition coefficient (Wildman–Crippen LogP) is 0.263. The second-order valence-corrected chi connectivity index (χ2v) is 5.34. The van der Waals surface area contributed by atoms with Gasteiger partial charge in [-0.15, -0.1) is 10.2 Å². The molecule has 0 amide bonds. The molecule has 0 saturated carbocycles. The van der Waals surface area contributed by atoms with Crippen molar-refractivity contribution in [3.63, 3.8) is 0 Å². The quantitative estimate of drug-likeness (QED) is 0.819. The molecule has 0 atom stereocenters. The summed E-state index contributed by atoms with van der Waals surface area (Å²) in [5.41, 5.74) is 0.825. The molecule has 8 heteroatoms. The maximum Gasteiger partial charge on any atom is 0.233 e. The third kappa shape index (κ3) is 4.60. The third-order valence-corrected chi connectivity index (χ3v) is 3.35. The Labute approximate surface area is 111 Å². The fourth-order valence-electron chi connectivity index (χ4n) is 1.36. The lowest BCUT2D eigenvalue weighted by Gasteiger charge is -2.01. The van der Waals surface area contributed by atoms with Crippen molar-refractivity contribution in [1.29, 1.82) is 0 Å². The number of hydrogen-bond acceptors (Lipinski definition) is 5. The maximum absolute atomic E-state index is 11.7. The Morgan fingerprint density at radius 3 is 2.74 bits per heavy atom. The summed E-state index contributed by atoms with van der Waals surface area (Å²) in [5.74, 6) is 0. The van der Waals surface area contributed by atoms with Gasteiger partial charge < -0.3 is 0 Å². The van der Waals surface area contributed by atoms with Crippen LogP contribution < -0.4 is 4.72 Å². The van der Waals surface area contributed by atoms with Gasteiger partial charge in [0.05, 0.1) is 6.54 Å². The molecular weight excluding hydrogens is 266 g/mol. The lowest BCUT2D eigenvalue weighted by Crippen LogP contribution is -2.26. The standard InChI is InChI=1S/C11H13N5O2S/c17-19(18,9-6-11-4-2-1-3-5-11)14-7-8-16-13-10-12-15-16/h1-6,9-10,14H,7-8H2/b9-6+. The molecule has 0 saturated heterocycles. The largest absolute Gasteiger partial charge is 0.233 e. The second-order valence-electron chi connectivity index (χ2n) is 3.68. The van der Waals surface area contributed by atoms with E-state index in [1.165, 1.54) is 17.2 Å². The van der Waals surface area contributed by atoms with Crippen molar-refractivity contribution in [1.82, 2.24) is 24.9 Å². The SMILES string of the molecule is O=S(=O)(/C=C/c1ccccc1)NCCn1ncnn1. The third-order valence-electron chi connectivity index (χ3n) is 2.25. The molecule has 0 bridgehead atoms. The van der Waals surface area contributed by atoms with Gasteiger partial charge in [0.1, 0.15) is 0 Å². The van der Waals surface area contributed by atoms with Crippen LogP contribution in [0.15, 0.2) is 42.1 Å². The van der Waals surface area contributed by atoms with Crippen LogP contribution in [0.3, 0.4) is 0 Å². The summed E-state index contributed by atoms with van der Waals surface area (Å²) < 4.78 is 25.8. The summed E-state index contributed by atoms with van der Waals surface area (Å²) in [7, 11) is -3.45. The average Bonchev–Trinajstić information content (AvgIpc) is 2.91. The first kappa shape index (κ1) is 13.4. The highest BCUT2D eigenvalue weighted by Gasteiger charge is 2.04. The van der Waals surface area contributed by atoms with Crippen molar-refractivity contribution in [3.8, 4) is 0 Å². The predicted molar refractivity (Wildman–Crippen MR) is 70.2 cm³/mol. The van der Waals surface area contributed by atoms with Gasteiger partial charge in [-0.25, -0.2) is 13.1 Å². The van der Waals surface area contributed by atoms with E-state index in [0.29, 0.717) is 6.54 Å². The summed E-state index contributed by atoms with van der Waals surface area (Å²) in [4.78, 5) is 1.31. The minimum Gasteiger partial charge on any atom is -0.210 e. The first-order valence-corrected chi connectivity index (χ1v) is 7.14. The second kappa shape index (κ2) is 6.21. The summed E-state index contributed by atoms with van der Waals surface area (Å²) in [6.07, 6.45) is 2.83. The first-order chi connectivity index (χ1) is 9.16. The van der Waals surface area contributed by atoms with Crippen LogP contribution in [0.2, 0.25) is 0 Å². The lowest BCUT2D eigenvalue weighted by molar-refractivity contribution is 0.513. The number of hydrogen-bond donors (Lipinski definition) is 1. The molecule has 0 aliphatic carbocycles. The topological polar surface area (TPSA) is 89.8 Å². The Balaban J connectivity index is 1.87. The molecule has 2 aromatic rings. The molecule has 1 aromatic heterocycles. The maximum atomic E-state index is 11.7. The van der Waals surface area contributed by atoms with Gasteiger partial charge in [0.2, 0.25) is 10.0 Å². The van der Waals surface area contributed by atoms with Gasteiger partial charge in [0.15, 0.2) is 6.33 Å². The Morgan fingerprint density at radius 1 is 1.26 bits per heavy atom. The molecule has 19 heavy (non-hydrogen) atoms. The number of rotatable bonds is 6. The van der Waals surface area contributed by atoms with E-state index in [1.54, 1.807) is 0 Å². The fourth-order valence-corrected chi connectivity index (χ4v) is 2.17. The molecule has 100 valence electrons. The van der Waals surface area contributed by atoms with E-state index in [-0.39, 0.29) is 6.54 Å². The highest BCUT2D eigenvalue weighted by Crippen LogP contribution is 2.02. The Hall–Kier alpha value is -2.06. The van der Waals surface area contributed by atoms with Gasteiger partial charge >= 0.3 is 0 Å². The van der Waals surface area contributed by atoms with Crippen LogP contribution in [-0.2, 0) is 16.6 Å². The molecule has 1 N–H and O–H groups in total. The highest BCUT2D eigenvalue weighted by molar-refractivity contribution is 7.92. The van der Waals surface area contributed by atoms with Crippen LogP contribution in [0.1, 0.15) is 5.56 Å². The Bertz CT molecular complexity index is 622. The number of nitrogens with zero attached hydrogens (tertiary/aromatic N) is 4. The van der Waals surface area contributed by atoms with Crippen molar-refractivity contribution in [2.75, 3.05) is 6.54 Å². The Morgan fingerprint density at radius 2 is 2.05 bits per heavy atom.